The SMILES string of the molecule is C[As](C)C=C[As](C)C. The van der Waals surface area contributed by atoms with Gasteiger partial charge in [-0.25, -0.2) is 0 Å². The Morgan fingerprint density at radius 1 is 0.750 bits per heavy atom. The predicted octanol–water partition coefficient (Wildman–Crippen LogP) is 2.13. The third-order valence-corrected chi connectivity index (χ3v) is 4.90. The molecule has 0 aliphatic rings. The number of hydrogen-bond donors (Lipinski definition) is 0. The molecular weight excluding hydrogens is 222 g/mol. The molecule has 0 spiro atoms. The zero-order valence-corrected chi connectivity index (χ0v) is 9.80. The fraction of sp³-hybridized carbons (Fsp3) is 0.667. The summed E-state index contributed by atoms with van der Waals surface area (Å²) in [6.07, 6.45) is 0. The molecule has 0 rings (SSSR count). The van der Waals surface area contributed by atoms with Crippen molar-refractivity contribution in [3.63, 3.8) is 0 Å². The molecule has 0 saturated heterocycles. The first-order valence-corrected chi connectivity index (χ1v) is 12.3. The second-order valence-corrected chi connectivity index (χ2v) is 11.6. The van der Waals surface area contributed by atoms with Gasteiger partial charge in [-0.1, -0.05) is 0 Å². The third kappa shape index (κ3) is 6.86. The minimum atomic E-state index is -0.426. The van der Waals surface area contributed by atoms with Gasteiger partial charge in [0.15, 0.2) is 0 Å². The summed E-state index contributed by atoms with van der Waals surface area (Å²) in [5.41, 5.74) is 9.45. The fourth-order valence-electron chi connectivity index (χ4n) is 0.267. The molecule has 0 amide bonds. The topological polar surface area (TPSA) is 0 Å². The van der Waals surface area contributed by atoms with Crippen LogP contribution in [0.25, 0.3) is 0 Å². The van der Waals surface area contributed by atoms with E-state index in [9.17, 15) is 0 Å². The van der Waals surface area contributed by atoms with Crippen LogP contribution in [-0.4, -0.2) is 29.3 Å². The number of rotatable bonds is 2. The van der Waals surface area contributed by atoms with Crippen molar-refractivity contribution in [2.75, 3.05) is 0 Å². The summed E-state index contributed by atoms with van der Waals surface area (Å²) in [7, 11) is 0. The zero-order chi connectivity index (χ0) is 6.57. The van der Waals surface area contributed by atoms with E-state index in [1.165, 1.54) is 0 Å². The Kier molecular flexibility index (Phi) is 5.21. The van der Waals surface area contributed by atoms with Gasteiger partial charge in [-0.05, 0) is 0 Å². The van der Waals surface area contributed by atoms with E-state index in [0.29, 0.717) is 0 Å². The van der Waals surface area contributed by atoms with Crippen LogP contribution in [0, 0.1) is 0 Å². The average Bonchev–Trinajstić information content (AvgIpc) is 1.61. The van der Waals surface area contributed by atoms with Gasteiger partial charge < -0.3 is 0 Å². The molecule has 0 aromatic carbocycles. The average molecular weight is 236 g/mol. The Morgan fingerprint density at radius 3 is 1.12 bits per heavy atom. The van der Waals surface area contributed by atoms with Gasteiger partial charge in [-0.2, -0.15) is 0 Å². The van der Waals surface area contributed by atoms with E-state index in [1.54, 1.807) is 0 Å². The second kappa shape index (κ2) is 4.71. The van der Waals surface area contributed by atoms with Gasteiger partial charge >= 0.3 is 61.9 Å². The summed E-state index contributed by atoms with van der Waals surface area (Å²) in [6.45, 7) is 0. The summed E-state index contributed by atoms with van der Waals surface area (Å²) >= 11 is -0.853. The summed E-state index contributed by atoms with van der Waals surface area (Å²) < 4.78 is 0. The molecule has 8 heavy (non-hydrogen) atoms. The Labute approximate surface area is 61.9 Å². The molecule has 0 radical (unpaired) electrons. The Balaban J connectivity index is 3.34. The van der Waals surface area contributed by atoms with Gasteiger partial charge in [0.05, 0.1) is 0 Å². The van der Waals surface area contributed by atoms with Crippen LogP contribution in [0.1, 0.15) is 0 Å². The monoisotopic (exact) mass is 236 g/mol. The van der Waals surface area contributed by atoms with Crippen molar-refractivity contribution >= 4 is 29.3 Å². The van der Waals surface area contributed by atoms with E-state index >= 15 is 0 Å². The molecule has 2 heteroatoms. The van der Waals surface area contributed by atoms with Crippen molar-refractivity contribution < 1.29 is 0 Å². The van der Waals surface area contributed by atoms with Gasteiger partial charge in [-0.15, -0.1) is 0 Å². The molecule has 0 aromatic heterocycles. The van der Waals surface area contributed by atoms with Crippen LogP contribution in [0.4, 0.5) is 0 Å². The van der Waals surface area contributed by atoms with Crippen molar-refractivity contribution in [1.82, 2.24) is 0 Å². The van der Waals surface area contributed by atoms with Gasteiger partial charge in [0.25, 0.3) is 0 Å². The van der Waals surface area contributed by atoms with Crippen molar-refractivity contribution in [1.29, 1.82) is 0 Å². The van der Waals surface area contributed by atoms with Crippen LogP contribution in [0.3, 0.4) is 0 Å². The van der Waals surface area contributed by atoms with Crippen LogP contribution in [0.15, 0.2) is 9.73 Å². The van der Waals surface area contributed by atoms with E-state index in [1.807, 2.05) is 0 Å². The molecule has 0 bridgehead atoms. The Bertz CT molecular complexity index is 64.6. The van der Waals surface area contributed by atoms with Crippen LogP contribution < -0.4 is 0 Å². The molecular formula is C6H14As2. The molecule has 0 unspecified atom stereocenters. The second-order valence-electron chi connectivity index (χ2n) is 2.23. The van der Waals surface area contributed by atoms with E-state index in [4.69, 9.17) is 0 Å². The molecule has 0 heterocycles. The molecule has 0 N–H and O–H groups in total. The maximum atomic E-state index is 2.45. The Morgan fingerprint density at radius 2 is 1.00 bits per heavy atom. The molecule has 0 atom stereocenters. The van der Waals surface area contributed by atoms with E-state index in [-0.39, 0.29) is 0 Å². The van der Waals surface area contributed by atoms with Gasteiger partial charge in [0.2, 0.25) is 0 Å². The van der Waals surface area contributed by atoms with Crippen LogP contribution in [-0.2, 0) is 0 Å². The minimum absolute atomic E-state index is 0.426. The quantitative estimate of drug-likeness (QED) is 0.644. The summed E-state index contributed by atoms with van der Waals surface area (Å²) in [5, 5.41) is 0. The predicted molar refractivity (Wildman–Crippen MR) is 44.1 cm³/mol. The standard InChI is InChI=1S/C6H14As2/c1-7(2)5-6-8(3)4/h5-6H,1-4H3. The van der Waals surface area contributed by atoms with Gasteiger partial charge in [0.1, 0.15) is 0 Å². The van der Waals surface area contributed by atoms with Gasteiger partial charge in [-0.3, -0.25) is 0 Å². The molecule has 0 aliphatic carbocycles. The fourth-order valence-corrected chi connectivity index (χ4v) is 7.20. The van der Waals surface area contributed by atoms with E-state index < -0.39 is 29.3 Å². The van der Waals surface area contributed by atoms with E-state index in [2.05, 4.69) is 32.6 Å². The first-order chi connectivity index (χ1) is 3.63. The molecule has 0 fully saturated rings. The summed E-state index contributed by atoms with van der Waals surface area (Å²) in [5.74, 6) is 0. The normalized spacial score (nSPS) is 12.2. The molecule has 0 aliphatic heterocycles. The van der Waals surface area contributed by atoms with Crippen LogP contribution in [0.5, 0.6) is 0 Å². The molecule has 48 valence electrons. The van der Waals surface area contributed by atoms with Crippen molar-refractivity contribution in [2.24, 2.45) is 0 Å². The van der Waals surface area contributed by atoms with Crippen LogP contribution in [0.2, 0.25) is 22.8 Å². The first kappa shape index (κ1) is 8.86. The van der Waals surface area contributed by atoms with Crippen molar-refractivity contribution in [2.45, 2.75) is 22.8 Å². The molecule has 0 nitrogen and oxygen atoms in total. The summed E-state index contributed by atoms with van der Waals surface area (Å²) in [4.78, 5) is 4.90. The van der Waals surface area contributed by atoms with Gasteiger partial charge in [0, 0.05) is 0 Å². The van der Waals surface area contributed by atoms with Crippen molar-refractivity contribution in [3.8, 4) is 0 Å². The third-order valence-electron chi connectivity index (χ3n) is 0.663. The molecule has 0 aromatic rings. The van der Waals surface area contributed by atoms with Crippen molar-refractivity contribution in [3.05, 3.63) is 9.73 Å². The van der Waals surface area contributed by atoms with Crippen LogP contribution >= 0.6 is 0 Å². The zero-order valence-electron chi connectivity index (χ0n) is 6.05. The molecule has 0 saturated carbocycles. The Hall–Kier alpha value is 0.857. The first-order valence-electron chi connectivity index (χ1n) is 2.64. The number of hydrogen-bond acceptors (Lipinski definition) is 0. The maximum absolute atomic E-state index is 2.45. The summed E-state index contributed by atoms with van der Waals surface area (Å²) in [6, 6.07) is 0. The van der Waals surface area contributed by atoms with E-state index in [0.717, 1.165) is 0 Å².